The highest BCUT2D eigenvalue weighted by atomic mass is 16.1. The van der Waals surface area contributed by atoms with Crippen LogP contribution in [-0.2, 0) is 17.9 Å². The molecule has 0 bridgehead atoms. The van der Waals surface area contributed by atoms with Crippen molar-refractivity contribution in [1.29, 1.82) is 0 Å². The summed E-state index contributed by atoms with van der Waals surface area (Å²) in [5.74, 6) is 1.02. The van der Waals surface area contributed by atoms with Crippen LogP contribution in [0.4, 0.5) is 5.69 Å². The lowest BCUT2D eigenvalue weighted by molar-refractivity contribution is -0.114. The summed E-state index contributed by atoms with van der Waals surface area (Å²) < 4.78 is 2.29. The van der Waals surface area contributed by atoms with Crippen LogP contribution in [0.5, 0.6) is 0 Å². The van der Waals surface area contributed by atoms with Gasteiger partial charge in [0.25, 0.3) is 0 Å². The first-order valence-electron chi connectivity index (χ1n) is 8.67. The third-order valence-corrected chi connectivity index (χ3v) is 4.93. The van der Waals surface area contributed by atoms with Gasteiger partial charge in [-0.15, -0.1) is 0 Å². The highest BCUT2D eigenvalue weighted by molar-refractivity contribution is 5.91. The number of hydrogen-bond donors (Lipinski definition) is 1. The van der Waals surface area contributed by atoms with Gasteiger partial charge in [0, 0.05) is 31.7 Å². The first-order valence-corrected chi connectivity index (χ1v) is 8.67. The SMILES string of the molecule is CC(=O)Nc1ccc2c(c1)nc1n2CCN([C@@H](C)c2ccccc2)C1. The van der Waals surface area contributed by atoms with E-state index in [1.54, 1.807) is 0 Å². The molecule has 1 N–H and O–H groups in total. The monoisotopic (exact) mass is 334 g/mol. The molecule has 0 saturated heterocycles. The van der Waals surface area contributed by atoms with Gasteiger partial charge >= 0.3 is 0 Å². The van der Waals surface area contributed by atoms with E-state index in [4.69, 9.17) is 4.98 Å². The minimum Gasteiger partial charge on any atom is -0.326 e. The fraction of sp³-hybridized carbons (Fsp3) is 0.300. The van der Waals surface area contributed by atoms with Crippen LogP contribution in [0, 0.1) is 0 Å². The number of amides is 1. The largest absolute Gasteiger partial charge is 0.326 e. The number of aromatic nitrogens is 2. The third kappa shape index (κ3) is 3.03. The molecule has 1 amide bonds. The van der Waals surface area contributed by atoms with E-state index in [2.05, 4.69) is 52.0 Å². The Bertz CT molecular complexity index is 916. The van der Waals surface area contributed by atoms with Crippen molar-refractivity contribution in [2.75, 3.05) is 11.9 Å². The summed E-state index contributed by atoms with van der Waals surface area (Å²) in [6, 6.07) is 16.9. The zero-order valence-electron chi connectivity index (χ0n) is 14.6. The van der Waals surface area contributed by atoms with E-state index in [1.165, 1.54) is 12.5 Å². The Morgan fingerprint density at radius 3 is 2.72 bits per heavy atom. The molecule has 1 aromatic heterocycles. The van der Waals surface area contributed by atoms with Crippen LogP contribution >= 0.6 is 0 Å². The van der Waals surface area contributed by atoms with Crippen LogP contribution in [0.15, 0.2) is 48.5 Å². The fourth-order valence-electron chi connectivity index (χ4n) is 3.59. The van der Waals surface area contributed by atoms with Gasteiger partial charge in [-0.3, -0.25) is 9.69 Å². The van der Waals surface area contributed by atoms with Gasteiger partial charge in [0.1, 0.15) is 5.82 Å². The molecule has 1 aliphatic heterocycles. The minimum absolute atomic E-state index is 0.0637. The first kappa shape index (κ1) is 15.8. The third-order valence-electron chi connectivity index (χ3n) is 4.93. The lowest BCUT2D eigenvalue weighted by atomic mass is 10.1. The Kier molecular flexibility index (Phi) is 4.01. The van der Waals surface area contributed by atoms with Gasteiger partial charge in [0.2, 0.25) is 5.91 Å². The van der Waals surface area contributed by atoms with Gasteiger partial charge in [0.05, 0.1) is 17.6 Å². The predicted molar refractivity (Wildman–Crippen MR) is 99.3 cm³/mol. The van der Waals surface area contributed by atoms with Gasteiger partial charge in [-0.1, -0.05) is 30.3 Å². The van der Waals surface area contributed by atoms with Crippen LogP contribution in [0.3, 0.4) is 0 Å². The molecule has 5 nitrogen and oxygen atoms in total. The quantitative estimate of drug-likeness (QED) is 0.796. The molecule has 1 aliphatic rings. The summed E-state index contributed by atoms with van der Waals surface area (Å²) in [6.45, 7) is 6.54. The van der Waals surface area contributed by atoms with Crippen molar-refractivity contribution in [1.82, 2.24) is 14.5 Å². The van der Waals surface area contributed by atoms with Crippen LogP contribution in [-0.4, -0.2) is 26.9 Å². The molecule has 2 aromatic carbocycles. The molecule has 2 heterocycles. The van der Waals surface area contributed by atoms with Crippen LogP contribution < -0.4 is 5.32 Å². The summed E-state index contributed by atoms with van der Waals surface area (Å²) in [7, 11) is 0. The number of carbonyl (C=O) groups is 1. The molecule has 5 heteroatoms. The molecule has 0 spiro atoms. The number of rotatable bonds is 3. The number of fused-ring (bicyclic) bond motifs is 3. The summed E-state index contributed by atoms with van der Waals surface area (Å²) in [5.41, 5.74) is 4.21. The predicted octanol–water partition coefficient (Wildman–Crippen LogP) is 3.57. The van der Waals surface area contributed by atoms with Crippen molar-refractivity contribution in [2.24, 2.45) is 0 Å². The Balaban J connectivity index is 1.61. The van der Waals surface area contributed by atoms with Crippen molar-refractivity contribution in [2.45, 2.75) is 33.0 Å². The standard InChI is InChI=1S/C20H22N4O/c1-14(16-6-4-3-5-7-16)23-10-11-24-19-9-8-17(21-15(2)25)12-18(19)22-20(24)13-23/h3-9,12,14H,10-11,13H2,1-2H3,(H,21,25)/t14-/m0/s1. The van der Waals surface area contributed by atoms with E-state index in [0.717, 1.165) is 42.2 Å². The molecule has 0 unspecified atom stereocenters. The number of anilines is 1. The summed E-state index contributed by atoms with van der Waals surface area (Å²) in [5, 5.41) is 2.83. The molecule has 25 heavy (non-hydrogen) atoms. The van der Waals surface area contributed by atoms with E-state index >= 15 is 0 Å². The Morgan fingerprint density at radius 2 is 1.96 bits per heavy atom. The van der Waals surface area contributed by atoms with Crippen LogP contribution in [0.25, 0.3) is 11.0 Å². The Labute approximate surface area is 147 Å². The zero-order chi connectivity index (χ0) is 17.4. The van der Waals surface area contributed by atoms with Gasteiger partial charge in [0.15, 0.2) is 0 Å². The average Bonchev–Trinajstić information content (AvgIpc) is 2.98. The smallest absolute Gasteiger partial charge is 0.221 e. The number of carbonyl (C=O) groups excluding carboxylic acids is 1. The fourth-order valence-corrected chi connectivity index (χ4v) is 3.59. The number of imidazole rings is 1. The lowest BCUT2D eigenvalue weighted by Crippen LogP contribution is -2.35. The second-order valence-corrected chi connectivity index (χ2v) is 6.62. The average molecular weight is 334 g/mol. The van der Waals surface area contributed by atoms with E-state index in [9.17, 15) is 4.79 Å². The van der Waals surface area contributed by atoms with Crippen molar-refractivity contribution >= 4 is 22.6 Å². The molecule has 4 rings (SSSR count). The number of nitrogens with one attached hydrogen (secondary N) is 1. The number of nitrogens with zero attached hydrogens (tertiary/aromatic N) is 3. The molecule has 0 radical (unpaired) electrons. The second-order valence-electron chi connectivity index (χ2n) is 6.62. The molecular formula is C20H22N4O. The van der Waals surface area contributed by atoms with E-state index < -0.39 is 0 Å². The van der Waals surface area contributed by atoms with Crippen LogP contribution in [0.2, 0.25) is 0 Å². The molecule has 1 atom stereocenters. The lowest BCUT2D eigenvalue weighted by Gasteiger charge is -2.33. The van der Waals surface area contributed by atoms with Crippen molar-refractivity contribution in [3.63, 3.8) is 0 Å². The van der Waals surface area contributed by atoms with Gasteiger partial charge in [-0.05, 0) is 30.7 Å². The summed E-state index contributed by atoms with van der Waals surface area (Å²) in [6.07, 6.45) is 0. The highest BCUT2D eigenvalue weighted by Gasteiger charge is 2.24. The first-order chi connectivity index (χ1) is 12.1. The maximum atomic E-state index is 11.3. The second kappa shape index (κ2) is 6.33. The molecule has 128 valence electrons. The van der Waals surface area contributed by atoms with Gasteiger partial charge in [-0.2, -0.15) is 0 Å². The highest BCUT2D eigenvalue weighted by Crippen LogP contribution is 2.28. The van der Waals surface area contributed by atoms with Crippen LogP contribution in [0.1, 0.15) is 31.3 Å². The van der Waals surface area contributed by atoms with E-state index in [-0.39, 0.29) is 5.91 Å². The summed E-state index contributed by atoms with van der Waals surface area (Å²) in [4.78, 5) is 18.5. The van der Waals surface area contributed by atoms with Crippen molar-refractivity contribution < 1.29 is 4.79 Å². The normalized spacial score (nSPS) is 15.8. The van der Waals surface area contributed by atoms with E-state index in [0.29, 0.717) is 6.04 Å². The van der Waals surface area contributed by atoms with Crippen molar-refractivity contribution in [3.8, 4) is 0 Å². The molecule has 0 aliphatic carbocycles. The van der Waals surface area contributed by atoms with Crippen molar-refractivity contribution in [3.05, 3.63) is 59.9 Å². The molecule has 0 saturated carbocycles. The molecular weight excluding hydrogens is 312 g/mol. The molecule has 0 fully saturated rings. The zero-order valence-corrected chi connectivity index (χ0v) is 14.6. The Hall–Kier alpha value is -2.66. The number of hydrogen-bond acceptors (Lipinski definition) is 3. The van der Waals surface area contributed by atoms with Gasteiger partial charge in [-0.25, -0.2) is 4.98 Å². The number of benzene rings is 2. The maximum Gasteiger partial charge on any atom is 0.221 e. The topological polar surface area (TPSA) is 50.2 Å². The maximum absolute atomic E-state index is 11.3. The Morgan fingerprint density at radius 1 is 1.16 bits per heavy atom. The minimum atomic E-state index is -0.0637. The van der Waals surface area contributed by atoms with Gasteiger partial charge < -0.3 is 9.88 Å². The molecule has 3 aromatic rings. The summed E-state index contributed by atoms with van der Waals surface area (Å²) >= 11 is 0. The van der Waals surface area contributed by atoms with E-state index in [1.807, 2.05) is 18.2 Å².